The molecule has 1 amide bonds. The molecule has 5 nitrogen and oxygen atoms in total. The lowest BCUT2D eigenvalue weighted by molar-refractivity contribution is -0.158. The summed E-state index contributed by atoms with van der Waals surface area (Å²) in [5.41, 5.74) is 1.78. The molecule has 24 heavy (non-hydrogen) atoms. The van der Waals surface area contributed by atoms with E-state index in [0.29, 0.717) is 11.6 Å². The lowest BCUT2D eigenvalue weighted by atomic mass is 10.1. The van der Waals surface area contributed by atoms with Crippen LogP contribution in [-0.2, 0) is 4.79 Å². The minimum absolute atomic E-state index is 0.0646. The van der Waals surface area contributed by atoms with E-state index in [-0.39, 0.29) is 13.0 Å². The highest BCUT2D eigenvalue weighted by atomic mass is 19.4. The molecule has 1 atom stereocenters. The minimum Gasteiger partial charge on any atom is -0.332 e. The molecule has 1 aliphatic rings. The van der Waals surface area contributed by atoms with Gasteiger partial charge in [0.15, 0.2) is 5.82 Å². The van der Waals surface area contributed by atoms with E-state index in [1.165, 1.54) is 4.68 Å². The van der Waals surface area contributed by atoms with Gasteiger partial charge in [-0.25, -0.2) is 9.67 Å². The van der Waals surface area contributed by atoms with Crippen LogP contribution in [0.25, 0.3) is 11.4 Å². The number of amides is 1. The highest BCUT2D eigenvalue weighted by Gasteiger charge is 2.41. The van der Waals surface area contributed by atoms with Crippen molar-refractivity contribution in [3.8, 4) is 11.4 Å². The second-order valence-electron chi connectivity index (χ2n) is 5.92. The molecule has 1 aromatic heterocycles. The number of halogens is 3. The topological polar surface area (TPSA) is 51.0 Å². The van der Waals surface area contributed by atoms with E-state index in [1.807, 2.05) is 31.2 Å². The van der Waals surface area contributed by atoms with Crippen molar-refractivity contribution in [2.45, 2.75) is 32.5 Å². The quantitative estimate of drug-likeness (QED) is 0.865. The summed E-state index contributed by atoms with van der Waals surface area (Å²) in [7, 11) is 0. The molecule has 0 N–H and O–H groups in total. The maximum atomic E-state index is 12.6. The summed E-state index contributed by atoms with van der Waals surface area (Å²) in [4.78, 5) is 17.6. The van der Waals surface area contributed by atoms with Crippen molar-refractivity contribution in [3.63, 3.8) is 0 Å². The molecule has 1 saturated heterocycles. The molecule has 1 fully saturated rings. The second kappa shape index (κ2) is 5.92. The number of aromatic nitrogens is 3. The summed E-state index contributed by atoms with van der Waals surface area (Å²) in [6, 6.07) is 6.77. The zero-order valence-electron chi connectivity index (χ0n) is 13.3. The molecule has 2 aromatic rings. The fraction of sp³-hybridized carbons (Fsp3) is 0.438. The molecule has 0 bridgehead atoms. The molecule has 8 heteroatoms. The summed E-state index contributed by atoms with van der Waals surface area (Å²) in [6.45, 7) is 2.45. The standard InChI is InChI=1S/C16H17F3N4O/c1-10-5-3-4-6-12(10)14-20-11(2)21-23(14)13-7-8-22(15(13)24)9-16(17,18)19/h3-6,13H,7-9H2,1-2H3/t13-/m0/s1. The van der Waals surface area contributed by atoms with E-state index in [9.17, 15) is 18.0 Å². The Bertz CT molecular complexity index is 769. The fourth-order valence-electron chi connectivity index (χ4n) is 2.98. The normalized spacial score (nSPS) is 18.5. The van der Waals surface area contributed by atoms with Crippen LogP contribution in [0.3, 0.4) is 0 Å². The zero-order chi connectivity index (χ0) is 17.5. The van der Waals surface area contributed by atoms with Crippen LogP contribution in [0.15, 0.2) is 24.3 Å². The molecule has 128 valence electrons. The Hall–Kier alpha value is -2.38. The van der Waals surface area contributed by atoms with E-state index in [2.05, 4.69) is 10.1 Å². The molecule has 0 spiro atoms. The number of hydrogen-bond acceptors (Lipinski definition) is 3. The van der Waals surface area contributed by atoms with Gasteiger partial charge in [0.1, 0.15) is 18.4 Å². The number of nitrogens with zero attached hydrogens (tertiary/aromatic N) is 4. The Labute approximate surface area is 137 Å². The lowest BCUT2D eigenvalue weighted by Gasteiger charge is -2.19. The van der Waals surface area contributed by atoms with Gasteiger partial charge in [-0.3, -0.25) is 4.79 Å². The first-order chi connectivity index (χ1) is 11.3. The van der Waals surface area contributed by atoms with E-state index in [0.717, 1.165) is 16.0 Å². The van der Waals surface area contributed by atoms with Gasteiger partial charge >= 0.3 is 6.18 Å². The predicted molar refractivity (Wildman–Crippen MR) is 81.2 cm³/mol. The first-order valence-electron chi connectivity index (χ1n) is 7.61. The maximum absolute atomic E-state index is 12.6. The Morgan fingerprint density at radius 2 is 1.96 bits per heavy atom. The number of aryl methyl sites for hydroxylation is 2. The van der Waals surface area contributed by atoms with E-state index < -0.39 is 24.7 Å². The highest BCUT2D eigenvalue weighted by Crippen LogP contribution is 2.31. The van der Waals surface area contributed by atoms with Gasteiger partial charge in [-0.05, 0) is 25.8 Å². The molecular weight excluding hydrogens is 321 g/mol. The molecule has 0 unspecified atom stereocenters. The first-order valence-corrected chi connectivity index (χ1v) is 7.61. The molecule has 1 aliphatic heterocycles. The van der Waals surface area contributed by atoms with Crippen molar-refractivity contribution in [3.05, 3.63) is 35.7 Å². The Morgan fingerprint density at radius 1 is 1.25 bits per heavy atom. The van der Waals surface area contributed by atoms with Crippen LogP contribution in [0, 0.1) is 13.8 Å². The van der Waals surface area contributed by atoms with Gasteiger partial charge in [-0.2, -0.15) is 18.3 Å². The largest absolute Gasteiger partial charge is 0.406 e. The average molecular weight is 338 g/mol. The summed E-state index contributed by atoms with van der Waals surface area (Å²) < 4.78 is 39.2. The number of rotatable bonds is 3. The van der Waals surface area contributed by atoms with Crippen molar-refractivity contribution in [1.29, 1.82) is 0 Å². The van der Waals surface area contributed by atoms with Crippen molar-refractivity contribution in [2.24, 2.45) is 0 Å². The van der Waals surface area contributed by atoms with Crippen molar-refractivity contribution < 1.29 is 18.0 Å². The van der Waals surface area contributed by atoms with E-state index in [1.54, 1.807) is 6.92 Å². The van der Waals surface area contributed by atoms with Gasteiger partial charge in [0, 0.05) is 12.1 Å². The lowest BCUT2D eigenvalue weighted by Crippen LogP contribution is -2.36. The number of carbonyl (C=O) groups excluding carboxylic acids is 1. The highest BCUT2D eigenvalue weighted by molar-refractivity contribution is 5.83. The number of hydrogen-bond donors (Lipinski definition) is 0. The van der Waals surface area contributed by atoms with Crippen LogP contribution in [0.2, 0.25) is 0 Å². The third kappa shape index (κ3) is 3.13. The van der Waals surface area contributed by atoms with Crippen LogP contribution in [-0.4, -0.2) is 44.8 Å². The fourth-order valence-corrected chi connectivity index (χ4v) is 2.98. The van der Waals surface area contributed by atoms with Gasteiger partial charge < -0.3 is 4.90 Å². The van der Waals surface area contributed by atoms with E-state index in [4.69, 9.17) is 0 Å². The van der Waals surface area contributed by atoms with Crippen LogP contribution in [0.4, 0.5) is 13.2 Å². The second-order valence-corrected chi connectivity index (χ2v) is 5.92. The SMILES string of the molecule is Cc1nc(-c2ccccc2C)n([C@H]2CCN(CC(F)(F)F)C2=O)n1. The molecule has 1 aromatic carbocycles. The third-order valence-corrected chi connectivity index (χ3v) is 4.06. The summed E-state index contributed by atoms with van der Waals surface area (Å²) in [6.07, 6.45) is -4.11. The Morgan fingerprint density at radius 3 is 2.62 bits per heavy atom. The summed E-state index contributed by atoms with van der Waals surface area (Å²) in [5, 5.41) is 4.27. The third-order valence-electron chi connectivity index (χ3n) is 4.06. The first kappa shape index (κ1) is 16.5. The van der Waals surface area contributed by atoms with E-state index >= 15 is 0 Å². The molecule has 0 radical (unpaired) electrons. The summed E-state index contributed by atoms with van der Waals surface area (Å²) in [5.74, 6) is 0.431. The average Bonchev–Trinajstić information content (AvgIpc) is 3.02. The number of benzene rings is 1. The number of likely N-dealkylation sites (tertiary alicyclic amines) is 1. The zero-order valence-corrected chi connectivity index (χ0v) is 13.3. The molecule has 2 heterocycles. The van der Waals surface area contributed by atoms with Crippen LogP contribution >= 0.6 is 0 Å². The molecule has 0 saturated carbocycles. The number of carbonyl (C=O) groups is 1. The van der Waals surface area contributed by atoms with Gasteiger partial charge in [0.05, 0.1) is 0 Å². The molecular formula is C16H17F3N4O. The van der Waals surface area contributed by atoms with Crippen molar-refractivity contribution in [2.75, 3.05) is 13.1 Å². The smallest absolute Gasteiger partial charge is 0.332 e. The number of alkyl halides is 3. The van der Waals surface area contributed by atoms with Crippen LogP contribution < -0.4 is 0 Å². The van der Waals surface area contributed by atoms with Crippen LogP contribution in [0.5, 0.6) is 0 Å². The van der Waals surface area contributed by atoms with Crippen LogP contribution in [0.1, 0.15) is 23.9 Å². The molecule has 0 aliphatic carbocycles. The molecule has 3 rings (SSSR count). The predicted octanol–water partition coefficient (Wildman–Crippen LogP) is 2.90. The Kier molecular flexibility index (Phi) is 4.06. The monoisotopic (exact) mass is 338 g/mol. The van der Waals surface area contributed by atoms with Gasteiger partial charge in [-0.15, -0.1) is 0 Å². The van der Waals surface area contributed by atoms with Gasteiger partial charge in [-0.1, -0.05) is 24.3 Å². The van der Waals surface area contributed by atoms with Crippen molar-refractivity contribution in [1.82, 2.24) is 19.7 Å². The minimum atomic E-state index is -4.40. The maximum Gasteiger partial charge on any atom is 0.406 e. The van der Waals surface area contributed by atoms with Crippen molar-refractivity contribution >= 4 is 5.91 Å². The van der Waals surface area contributed by atoms with Gasteiger partial charge in [0.25, 0.3) is 0 Å². The summed E-state index contributed by atoms with van der Waals surface area (Å²) >= 11 is 0. The Balaban J connectivity index is 1.94. The van der Waals surface area contributed by atoms with Gasteiger partial charge in [0.2, 0.25) is 5.91 Å².